The van der Waals surface area contributed by atoms with Gasteiger partial charge in [0.1, 0.15) is 11.5 Å². The molecule has 2 aromatic carbocycles. The predicted molar refractivity (Wildman–Crippen MR) is 99.0 cm³/mol. The number of halogens is 1. The molecule has 0 aliphatic heterocycles. The summed E-state index contributed by atoms with van der Waals surface area (Å²) < 4.78 is 0.926. The summed E-state index contributed by atoms with van der Waals surface area (Å²) in [6.45, 7) is 1.89. The SMILES string of the molecule is Cc1cc(Br)ccc1NC(=O)C1(C(=O)Nc2ccccc2C#N)CC1. The Bertz CT molecular complexity index is 898. The molecule has 126 valence electrons. The van der Waals surface area contributed by atoms with E-state index in [-0.39, 0.29) is 11.8 Å². The van der Waals surface area contributed by atoms with E-state index < -0.39 is 5.41 Å². The molecule has 1 aliphatic carbocycles. The van der Waals surface area contributed by atoms with Crippen molar-refractivity contribution in [3.63, 3.8) is 0 Å². The predicted octanol–water partition coefficient (Wildman–Crippen LogP) is 3.99. The molecule has 0 aromatic heterocycles. The van der Waals surface area contributed by atoms with Crippen molar-refractivity contribution in [3.05, 3.63) is 58.1 Å². The molecule has 25 heavy (non-hydrogen) atoms. The Kier molecular flexibility index (Phi) is 4.60. The Balaban J connectivity index is 1.76. The number of amides is 2. The number of hydrogen-bond acceptors (Lipinski definition) is 3. The molecule has 0 spiro atoms. The van der Waals surface area contributed by atoms with Crippen molar-refractivity contribution in [1.82, 2.24) is 0 Å². The van der Waals surface area contributed by atoms with Crippen molar-refractivity contribution in [2.75, 3.05) is 10.6 Å². The van der Waals surface area contributed by atoms with Gasteiger partial charge in [0, 0.05) is 10.2 Å². The summed E-state index contributed by atoms with van der Waals surface area (Å²) in [7, 11) is 0. The normalized spacial score (nSPS) is 14.3. The van der Waals surface area contributed by atoms with Gasteiger partial charge in [0.2, 0.25) is 11.8 Å². The van der Waals surface area contributed by atoms with Gasteiger partial charge in [-0.3, -0.25) is 9.59 Å². The number of benzene rings is 2. The van der Waals surface area contributed by atoms with Crippen LogP contribution in [0.5, 0.6) is 0 Å². The molecule has 1 fully saturated rings. The Morgan fingerprint density at radius 2 is 1.72 bits per heavy atom. The first kappa shape index (κ1) is 17.2. The molecule has 2 N–H and O–H groups in total. The number of rotatable bonds is 4. The van der Waals surface area contributed by atoms with Crippen LogP contribution in [0.4, 0.5) is 11.4 Å². The van der Waals surface area contributed by atoms with Crippen molar-refractivity contribution in [2.45, 2.75) is 19.8 Å². The maximum absolute atomic E-state index is 12.7. The summed E-state index contributed by atoms with van der Waals surface area (Å²) in [6.07, 6.45) is 0.990. The van der Waals surface area contributed by atoms with Crippen LogP contribution in [0.2, 0.25) is 0 Å². The lowest BCUT2D eigenvalue weighted by Gasteiger charge is -2.17. The Morgan fingerprint density at radius 1 is 1.08 bits per heavy atom. The van der Waals surface area contributed by atoms with Gasteiger partial charge in [0.15, 0.2) is 0 Å². The lowest BCUT2D eigenvalue weighted by molar-refractivity contribution is -0.131. The number of nitrogens with one attached hydrogen (secondary N) is 2. The van der Waals surface area contributed by atoms with E-state index in [0.29, 0.717) is 29.8 Å². The summed E-state index contributed by atoms with van der Waals surface area (Å²) in [4.78, 5) is 25.3. The zero-order valence-corrected chi connectivity index (χ0v) is 15.2. The van der Waals surface area contributed by atoms with E-state index in [1.807, 2.05) is 25.1 Å². The summed E-state index contributed by atoms with van der Waals surface area (Å²) in [5, 5.41) is 14.7. The number of nitrogens with zero attached hydrogens (tertiary/aromatic N) is 1. The lowest BCUT2D eigenvalue weighted by atomic mass is 10.0. The monoisotopic (exact) mass is 397 g/mol. The molecule has 3 rings (SSSR count). The van der Waals surface area contributed by atoms with E-state index in [9.17, 15) is 9.59 Å². The van der Waals surface area contributed by atoms with Gasteiger partial charge in [-0.15, -0.1) is 0 Å². The highest BCUT2D eigenvalue weighted by Crippen LogP contribution is 2.47. The van der Waals surface area contributed by atoms with Gasteiger partial charge in [-0.1, -0.05) is 28.1 Å². The van der Waals surface area contributed by atoms with E-state index in [2.05, 4.69) is 26.6 Å². The standard InChI is InChI=1S/C19H16BrN3O2/c1-12-10-14(20)6-7-15(12)22-17(24)19(8-9-19)18(25)23-16-5-3-2-4-13(16)11-21/h2-7,10H,8-9H2,1H3,(H,22,24)(H,23,25). The molecule has 1 saturated carbocycles. The van der Waals surface area contributed by atoms with Crippen molar-refractivity contribution in [1.29, 1.82) is 5.26 Å². The second-order valence-electron chi connectivity index (χ2n) is 6.11. The van der Waals surface area contributed by atoms with Crippen LogP contribution in [0.25, 0.3) is 0 Å². The molecule has 0 atom stereocenters. The molecular weight excluding hydrogens is 382 g/mol. The minimum absolute atomic E-state index is 0.315. The van der Waals surface area contributed by atoms with E-state index in [0.717, 1.165) is 10.0 Å². The fourth-order valence-corrected chi connectivity index (χ4v) is 3.10. The lowest BCUT2D eigenvalue weighted by Crippen LogP contribution is -2.36. The molecule has 5 nitrogen and oxygen atoms in total. The van der Waals surface area contributed by atoms with Crippen molar-refractivity contribution in [3.8, 4) is 6.07 Å². The quantitative estimate of drug-likeness (QED) is 0.765. The van der Waals surface area contributed by atoms with Crippen LogP contribution < -0.4 is 10.6 Å². The van der Waals surface area contributed by atoms with Gasteiger partial charge in [0.25, 0.3) is 0 Å². The number of nitriles is 1. The number of carbonyl (C=O) groups is 2. The molecule has 0 unspecified atom stereocenters. The van der Waals surface area contributed by atoms with E-state index in [1.165, 1.54) is 0 Å². The molecule has 1 aliphatic rings. The van der Waals surface area contributed by atoms with E-state index >= 15 is 0 Å². The van der Waals surface area contributed by atoms with Gasteiger partial charge in [-0.05, 0) is 55.7 Å². The van der Waals surface area contributed by atoms with Crippen molar-refractivity contribution < 1.29 is 9.59 Å². The van der Waals surface area contributed by atoms with Gasteiger partial charge >= 0.3 is 0 Å². The molecule has 0 bridgehead atoms. The summed E-state index contributed by atoms with van der Waals surface area (Å²) in [5.41, 5.74) is 1.32. The molecule has 0 heterocycles. The van der Waals surface area contributed by atoms with Gasteiger partial charge in [-0.25, -0.2) is 0 Å². The molecule has 6 heteroatoms. The van der Waals surface area contributed by atoms with Gasteiger partial charge < -0.3 is 10.6 Å². The summed E-state index contributed by atoms with van der Waals surface area (Å²) in [6, 6.07) is 14.3. The van der Waals surface area contributed by atoms with E-state index in [4.69, 9.17) is 5.26 Å². The minimum atomic E-state index is -1.07. The van der Waals surface area contributed by atoms with Crippen LogP contribution in [-0.4, -0.2) is 11.8 Å². The number of aryl methyl sites for hydroxylation is 1. The number of anilines is 2. The Morgan fingerprint density at radius 3 is 2.32 bits per heavy atom. The highest BCUT2D eigenvalue weighted by atomic mass is 79.9. The van der Waals surface area contributed by atoms with Crippen LogP contribution >= 0.6 is 15.9 Å². The fraction of sp³-hybridized carbons (Fsp3) is 0.211. The first-order valence-electron chi connectivity index (χ1n) is 7.84. The number of para-hydroxylation sites is 1. The molecule has 2 amide bonds. The fourth-order valence-electron chi connectivity index (χ4n) is 2.62. The van der Waals surface area contributed by atoms with Crippen LogP contribution in [0.1, 0.15) is 24.0 Å². The third kappa shape index (κ3) is 3.42. The van der Waals surface area contributed by atoms with Gasteiger partial charge in [-0.2, -0.15) is 5.26 Å². The number of carbonyl (C=O) groups excluding carboxylic acids is 2. The largest absolute Gasteiger partial charge is 0.325 e. The maximum Gasteiger partial charge on any atom is 0.240 e. The first-order chi connectivity index (χ1) is 12.0. The zero-order chi connectivity index (χ0) is 18.0. The van der Waals surface area contributed by atoms with Crippen LogP contribution in [0.3, 0.4) is 0 Å². The summed E-state index contributed by atoms with van der Waals surface area (Å²) in [5.74, 6) is -0.688. The second kappa shape index (κ2) is 6.69. The first-order valence-corrected chi connectivity index (χ1v) is 8.64. The molecule has 2 aromatic rings. The van der Waals surface area contributed by atoms with Gasteiger partial charge in [0.05, 0.1) is 11.3 Å². The van der Waals surface area contributed by atoms with Crippen LogP contribution in [0.15, 0.2) is 46.9 Å². The average molecular weight is 398 g/mol. The third-order valence-corrected chi connectivity index (χ3v) is 4.84. The molecule has 0 radical (unpaired) electrons. The highest BCUT2D eigenvalue weighted by molar-refractivity contribution is 9.10. The smallest absolute Gasteiger partial charge is 0.240 e. The molecular formula is C19H16BrN3O2. The summed E-state index contributed by atoms with van der Waals surface area (Å²) >= 11 is 3.39. The van der Waals surface area contributed by atoms with Crippen molar-refractivity contribution >= 4 is 39.1 Å². The Hall–Kier alpha value is -2.65. The topological polar surface area (TPSA) is 82.0 Å². The Labute approximate surface area is 154 Å². The number of hydrogen-bond donors (Lipinski definition) is 2. The third-order valence-electron chi connectivity index (χ3n) is 4.35. The van der Waals surface area contributed by atoms with Crippen LogP contribution in [0, 0.1) is 23.7 Å². The molecule has 0 saturated heterocycles. The zero-order valence-electron chi connectivity index (χ0n) is 13.6. The maximum atomic E-state index is 12.7. The second-order valence-corrected chi connectivity index (χ2v) is 7.02. The highest BCUT2D eigenvalue weighted by Gasteiger charge is 2.56. The average Bonchev–Trinajstić information content (AvgIpc) is 3.40. The minimum Gasteiger partial charge on any atom is -0.325 e. The van der Waals surface area contributed by atoms with Crippen molar-refractivity contribution in [2.24, 2.45) is 5.41 Å². The van der Waals surface area contributed by atoms with E-state index in [1.54, 1.807) is 30.3 Å². The van der Waals surface area contributed by atoms with Crippen LogP contribution in [-0.2, 0) is 9.59 Å².